The van der Waals surface area contributed by atoms with Gasteiger partial charge in [0.15, 0.2) is 9.84 Å². The molecule has 2 saturated heterocycles. The smallest absolute Gasteiger partial charge is 0.241 e. The number of halogens is 1. The number of piperazine rings is 1. The molecule has 136 valence electrons. The summed E-state index contributed by atoms with van der Waals surface area (Å²) in [6.45, 7) is 0.564. The lowest BCUT2D eigenvalue weighted by atomic mass is 10.0. The highest BCUT2D eigenvalue weighted by molar-refractivity contribution is 7.91. The maximum absolute atomic E-state index is 13.1. The molecule has 2 atom stereocenters. The van der Waals surface area contributed by atoms with Crippen LogP contribution < -0.4 is 4.90 Å². The van der Waals surface area contributed by atoms with Crippen LogP contribution in [0.15, 0.2) is 54.6 Å². The van der Waals surface area contributed by atoms with Crippen LogP contribution in [0.1, 0.15) is 5.56 Å². The average molecular weight is 374 g/mol. The van der Waals surface area contributed by atoms with Gasteiger partial charge in [0.2, 0.25) is 5.91 Å². The molecule has 1 amide bonds. The lowest BCUT2D eigenvalue weighted by Crippen LogP contribution is -2.61. The molecule has 7 heteroatoms. The zero-order chi connectivity index (χ0) is 18.3. The summed E-state index contributed by atoms with van der Waals surface area (Å²) in [7, 11) is -3.22. The van der Waals surface area contributed by atoms with Gasteiger partial charge in [-0.15, -0.1) is 0 Å². The predicted octanol–water partition coefficient (Wildman–Crippen LogP) is 1.84. The normalized spacial score (nSPS) is 25.3. The van der Waals surface area contributed by atoms with Crippen molar-refractivity contribution >= 4 is 21.4 Å². The van der Waals surface area contributed by atoms with Gasteiger partial charge >= 0.3 is 0 Å². The fourth-order valence-electron chi connectivity index (χ4n) is 3.88. The number of anilines is 1. The van der Waals surface area contributed by atoms with Crippen molar-refractivity contribution in [2.45, 2.75) is 18.6 Å². The second kappa shape index (κ2) is 6.48. The Balaban J connectivity index is 1.65. The Labute approximate surface area is 152 Å². The van der Waals surface area contributed by atoms with E-state index >= 15 is 0 Å². The molecule has 2 aromatic rings. The predicted molar refractivity (Wildman–Crippen MR) is 97.0 cm³/mol. The minimum Gasteiger partial charge on any atom is -0.306 e. The molecule has 0 aromatic heterocycles. The van der Waals surface area contributed by atoms with Gasteiger partial charge in [-0.1, -0.05) is 30.3 Å². The van der Waals surface area contributed by atoms with Crippen LogP contribution in [0.3, 0.4) is 0 Å². The first kappa shape index (κ1) is 17.2. The van der Waals surface area contributed by atoms with Gasteiger partial charge in [-0.2, -0.15) is 0 Å². The third-order valence-corrected chi connectivity index (χ3v) is 6.73. The molecule has 2 aliphatic heterocycles. The van der Waals surface area contributed by atoms with Crippen LogP contribution in [-0.4, -0.2) is 49.4 Å². The van der Waals surface area contributed by atoms with E-state index in [9.17, 15) is 17.6 Å². The van der Waals surface area contributed by atoms with Crippen molar-refractivity contribution in [3.8, 4) is 0 Å². The third-order valence-electron chi connectivity index (χ3n) is 5.03. The summed E-state index contributed by atoms with van der Waals surface area (Å²) >= 11 is 0. The van der Waals surface area contributed by atoms with Crippen LogP contribution in [0.25, 0.3) is 0 Å². The Morgan fingerprint density at radius 1 is 0.962 bits per heavy atom. The summed E-state index contributed by atoms with van der Waals surface area (Å²) < 4.78 is 37.7. The first-order valence-electron chi connectivity index (χ1n) is 8.49. The number of hydrogen-bond donors (Lipinski definition) is 0. The highest BCUT2D eigenvalue weighted by Gasteiger charge is 2.49. The van der Waals surface area contributed by atoms with Gasteiger partial charge in [0.05, 0.1) is 24.1 Å². The molecule has 0 radical (unpaired) electrons. The number of hydrogen-bond acceptors (Lipinski definition) is 4. The molecule has 4 rings (SSSR count). The third kappa shape index (κ3) is 3.24. The summed E-state index contributed by atoms with van der Waals surface area (Å²) in [5, 5.41) is 0. The minimum absolute atomic E-state index is 0.0295. The maximum Gasteiger partial charge on any atom is 0.241 e. The Kier molecular flexibility index (Phi) is 4.28. The van der Waals surface area contributed by atoms with Gasteiger partial charge in [0.25, 0.3) is 0 Å². The van der Waals surface area contributed by atoms with Crippen molar-refractivity contribution in [3.05, 3.63) is 66.0 Å². The van der Waals surface area contributed by atoms with Crippen LogP contribution in [-0.2, 0) is 21.2 Å². The summed E-state index contributed by atoms with van der Waals surface area (Å²) in [6.07, 6.45) is 0. The van der Waals surface area contributed by atoms with Crippen molar-refractivity contribution in [2.24, 2.45) is 0 Å². The van der Waals surface area contributed by atoms with Crippen LogP contribution in [0.5, 0.6) is 0 Å². The quantitative estimate of drug-likeness (QED) is 0.823. The summed E-state index contributed by atoms with van der Waals surface area (Å²) in [6, 6.07) is 14.6. The molecule has 2 aliphatic rings. The van der Waals surface area contributed by atoms with E-state index in [4.69, 9.17) is 0 Å². The Hall–Kier alpha value is -2.25. The topological polar surface area (TPSA) is 57.7 Å². The number of carbonyl (C=O) groups is 1. The molecule has 0 N–H and O–H groups in total. The zero-order valence-corrected chi connectivity index (χ0v) is 14.9. The van der Waals surface area contributed by atoms with E-state index < -0.39 is 15.9 Å². The largest absolute Gasteiger partial charge is 0.306 e. The van der Waals surface area contributed by atoms with Crippen molar-refractivity contribution in [2.75, 3.05) is 23.0 Å². The lowest BCUT2D eigenvalue weighted by Gasteiger charge is -2.43. The monoisotopic (exact) mass is 374 g/mol. The number of amides is 1. The molecule has 0 saturated carbocycles. The first-order chi connectivity index (χ1) is 12.4. The molecule has 2 fully saturated rings. The number of sulfone groups is 1. The van der Waals surface area contributed by atoms with Gasteiger partial charge in [-0.05, 0) is 29.8 Å². The standard InChI is InChI=1S/C19H19FN2O3S/c20-15-8-6-14(7-9-15)10-21-11-19(23)22(16-4-2-1-3-5-16)18-13-26(24,25)12-17(18)21/h1-9,17-18H,10-13H2/t17-,18-/m0/s1. The Bertz CT molecular complexity index is 916. The average Bonchev–Trinajstić information content (AvgIpc) is 2.93. The molecule has 0 aliphatic carbocycles. The van der Waals surface area contributed by atoms with E-state index in [1.807, 2.05) is 35.2 Å². The van der Waals surface area contributed by atoms with Gasteiger partial charge in [-0.25, -0.2) is 12.8 Å². The number of rotatable bonds is 3. The second-order valence-electron chi connectivity index (χ2n) is 6.84. The Morgan fingerprint density at radius 2 is 1.62 bits per heavy atom. The summed E-state index contributed by atoms with van der Waals surface area (Å²) in [5.41, 5.74) is 1.58. The number of carbonyl (C=O) groups excluding carboxylic acids is 1. The summed E-state index contributed by atoms with van der Waals surface area (Å²) in [4.78, 5) is 16.4. The maximum atomic E-state index is 13.1. The number of benzene rings is 2. The fraction of sp³-hybridized carbons (Fsp3) is 0.316. The van der Waals surface area contributed by atoms with E-state index in [1.54, 1.807) is 17.0 Å². The minimum atomic E-state index is -3.22. The lowest BCUT2D eigenvalue weighted by molar-refractivity contribution is -0.123. The highest BCUT2D eigenvalue weighted by Crippen LogP contribution is 2.32. The second-order valence-corrected chi connectivity index (χ2v) is 9.00. The van der Waals surface area contributed by atoms with Gasteiger partial charge in [0, 0.05) is 18.3 Å². The molecular formula is C19H19FN2O3S. The molecular weight excluding hydrogens is 355 g/mol. The van der Waals surface area contributed by atoms with Crippen molar-refractivity contribution in [1.82, 2.24) is 4.90 Å². The molecule has 5 nitrogen and oxygen atoms in total. The van der Waals surface area contributed by atoms with E-state index in [1.165, 1.54) is 12.1 Å². The molecule has 0 spiro atoms. The van der Waals surface area contributed by atoms with Crippen LogP contribution in [0.2, 0.25) is 0 Å². The van der Waals surface area contributed by atoms with Gasteiger partial charge < -0.3 is 4.90 Å². The number of nitrogens with zero attached hydrogens (tertiary/aromatic N) is 2. The van der Waals surface area contributed by atoms with E-state index in [-0.39, 0.29) is 35.8 Å². The van der Waals surface area contributed by atoms with Crippen LogP contribution in [0, 0.1) is 5.82 Å². The van der Waals surface area contributed by atoms with E-state index in [0.717, 1.165) is 11.3 Å². The fourth-order valence-corrected chi connectivity index (χ4v) is 5.86. The SMILES string of the molecule is O=C1CN(Cc2ccc(F)cc2)[C@H]2CS(=O)(=O)C[C@@H]2N1c1ccccc1. The molecule has 2 heterocycles. The number of para-hydroxylation sites is 1. The van der Waals surface area contributed by atoms with E-state index in [2.05, 4.69) is 0 Å². The molecule has 0 bridgehead atoms. The van der Waals surface area contributed by atoms with Crippen molar-refractivity contribution in [1.29, 1.82) is 0 Å². The van der Waals surface area contributed by atoms with Gasteiger partial charge in [-0.3, -0.25) is 9.69 Å². The summed E-state index contributed by atoms with van der Waals surface area (Å²) in [5.74, 6) is -0.426. The molecule has 0 unspecified atom stereocenters. The van der Waals surface area contributed by atoms with E-state index in [0.29, 0.717) is 6.54 Å². The molecule has 26 heavy (non-hydrogen) atoms. The van der Waals surface area contributed by atoms with Crippen molar-refractivity contribution < 1.29 is 17.6 Å². The van der Waals surface area contributed by atoms with Crippen LogP contribution >= 0.6 is 0 Å². The first-order valence-corrected chi connectivity index (χ1v) is 10.3. The highest BCUT2D eigenvalue weighted by atomic mass is 32.2. The van der Waals surface area contributed by atoms with Gasteiger partial charge in [0.1, 0.15) is 5.82 Å². The zero-order valence-electron chi connectivity index (χ0n) is 14.1. The number of fused-ring (bicyclic) bond motifs is 1. The molecule has 2 aromatic carbocycles. The van der Waals surface area contributed by atoms with Crippen molar-refractivity contribution in [3.63, 3.8) is 0 Å². The van der Waals surface area contributed by atoms with Crippen LogP contribution in [0.4, 0.5) is 10.1 Å². The Morgan fingerprint density at radius 3 is 2.31 bits per heavy atom.